The van der Waals surface area contributed by atoms with E-state index in [2.05, 4.69) is 56.1 Å². The van der Waals surface area contributed by atoms with Gasteiger partial charge in [0, 0.05) is 30.9 Å². The van der Waals surface area contributed by atoms with Crippen molar-refractivity contribution in [3.05, 3.63) is 29.3 Å². The number of nitrogens with one attached hydrogen (secondary N) is 1. The number of aliphatic hydroxyl groups excluding tert-OH is 1. The summed E-state index contributed by atoms with van der Waals surface area (Å²) in [5.41, 5.74) is 3.81. The zero-order chi connectivity index (χ0) is 13.3. The summed E-state index contributed by atoms with van der Waals surface area (Å²) < 4.78 is 0. The molecular weight excluding hydrogens is 224 g/mol. The molecule has 1 aromatic carbocycles. The Morgan fingerprint density at radius 2 is 2.06 bits per heavy atom. The smallest absolute Gasteiger partial charge is 0.0839 e. The van der Waals surface area contributed by atoms with E-state index in [1.54, 1.807) is 0 Å². The molecule has 0 amide bonds. The topological polar surface area (TPSA) is 35.5 Å². The molecule has 1 aliphatic rings. The molecule has 0 aromatic heterocycles. The molecule has 0 bridgehead atoms. The first kappa shape index (κ1) is 13.4. The van der Waals surface area contributed by atoms with E-state index < -0.39 is 0 Å². The molecule has 3 heteroatoms. The minimum absolute atomic E-state index is 0.0226. The van der Waals surface area contributed by atoms with Crippen LogP contribution >= 0.6 is 0 Å². The molecule has 0 saturated carbocycles. The van der Waals surface area contributed by atoms with E-state index in [1.807, 2.05) is 0 Å². The summed E-state index contributed by atoms with van der Waals surface area (Å²) in [6.45, 7) is 10.9. The van der Waals surface area contributed by atoms with Gasteiger partial charge in [0.1, 0.15) is 0 Å². The van der Waals surface area contributed by atoms with Gasteiger partial charge in [0.05, 0.1) is 6.10 Å². The number of hydrogen-bond acceptors (Lipinski definition) is 3. The lowest BCUT2D eigenvalue weighted by molar-refractivity contribution is 0.179. The highest BCUT2D eigenvalue weighted by molar-refractivity contribution is 5.55. The van der Waals surface area contributed by atoms with Crippen LogP contribution in [-0.4, -0.2) is 36.4 Å². The molecule has 1 fully saturated rings. The predicted octanol–water partition coefficient (Wildman–Crippen LogP) is 1.85. The minimum Gasteiger partial charge on any atom is -0.390 e. The van der Waals surface area contributed by atoms with Crippen LogP contribution in [0.25, 0.3) is 0 Å². The largest absolute Gasteiger partial charge is 0.390 e. The zero-order valence-corrected chi connectivity index (χ0v) is 11.8. The molecule has 1 saturated heterocycles. The normalized spacial score (nSPS) is 23.8. The number of aliphatic hydroxyl groups is 1. The maximum absolute atomic E-state index is 9.99. The van der Waals surface area contributed by atoms with Gasteiger partial charge < -0.3 is 15.3 Å². The maximum Gasteiger partial charge on any atom is 0.0839 e. The molecule has 100 valence electrons. The molecule has 3 nitrogen and oxygen atoms in total. The molecule has 1 heterocycles. The van der Waals surface area contributed by atoms with Gasteiger partial charge in [0.2, 0.25) is 0 Å². The Labute approximate surface area is 110 Å². The Balaban J connectivity index is 2.29. The van der Waals surface area contributed by atoms with Gasteiger partial charge in [-0.25, -0.2) is 0 Å². The van der Waals surface area contributed by atoms with Crippen molar-refractivity contribution in [2.45, 2.75) is 39.3 Å². The molecule has 0 radical (unpaired) electrons. The highest BCUT2D eigenvalue weighted by atomic mass is 16.3. The van der Waals surface area contributed by atoms with Gasteiger partial charge in [-0.3, -0.25) is 0 Å². The summed E-state index contributed by atoms with van der Waals surface area (Å²) in [6, 6.07) is 6.51. The molecule has 0 aliphatic carbocycles. The van der Waals surface area contributed by atoms with E-state index in [1.165, 1.54) is 16.8 Å². The third-order valence-corrected chi connectivity index (χ3v) is 3.53. The van der Waals surface area contributed by atoms with Gasteiger partial charge in [-0.05, 0) is 39.3 Å². The Morgan fingerprint density at radius 1 is 1.33 bits per heavy atom. The second-order valence-corrected chi connectivity index (χ2v) is 6.09. The van der Waals surface area contributed by atoms with E-state index in [0.29, 0.717) is 13.1 Å². The molecule has 1 atom stereocenters. The minimum atomic E-state index is -0.313. The highest BCUT2D eigenvalue weighted by Crippen LogP contribution is 2.24. The summed E-state index contributed by atoms with van der Waals surface area (Å²) in [5, 5.41) is 13.4. The highest BCUT2D eigenvalue weighted by Gasteiger charge is 2.28. The fourth-order valence-electron chi connectivity index (χ4n) is 2.65. The fourth-order valence-corrected chi connectivity index (χ4v) is 2.65. The van der Waals surface area contributed by atoms with Crippen molar-refractivity contribution in [1.82, 2.24) is 5.32 Å². The number of rotatable bonds is 1. The SMILES string of the molecule is Cc1ccc(N2CC(O)CNC(C)(C)C2)c(C)c1. The quantitative estimate of drug-likeness (QED) is 0.796. The van der Waals surface area contributed by atoms with E-state index in [-0.39, 0.29) is 11.6 Å². The Morgan fingerprint density at radius 3 is 2.72 bits per heavy atom. The van der Waals surface area contributed by atoms with E-state index in [4.69, 9.17) is 0 Å². The van der Waals surface area contributed by atoms with Crippen LogP contribution in [-0.2, 0) is 0 Å². The van der Waals surface area contributed by atoms with E-state index in [9.17, 15) is 5.11 Å². The summed E-state index contributed by atoms with van der Waals surface area (Å²) in [5.74, 6) is 0. The van der Waals surface area contributed by atoms with Crippen molar-refractivity contribution < 1.29 is 5.11 Å². The van der Waals surface area contributed by atoms with Gasteiger partial charge in [0.15, 0.2) is 0 Å². The monoisotopic (exact) mass is 248 g/mol. The lowest BCUT2D eigenvalue weighted by Gasteiger charge is -2.32. The van der Waals surface area contributed by atoms with Crippen molar-refractivity contribution in [3.63, 3.8) is 0 Å². The molecule has 1 aromatic rings. The number of aryl methyl sites for hydroxylation is 2. The summed E-state index contributed by atoms with van der Waals surface area (Å²) >= 11 is 0. The second kappa shape index (κ2) is 4.90. The lowest BCUT2D eigenvalue weighted by Crippen LogP contribution is -2.46. The number of nitrogens with zero attached hydrogens (tertiary/aromatic N) is 1. The average Bonchev–Trinajstić information content (AvgIpc) is 2.37. The van der Waals surface area contributed by atoms with Crippen LogP contribution in [0.1, 0.15) is 25.0 Å². The molecular formula is C15H24N2O. The molecule has 18 heavy (non-hydrogen) atoms. The lowest BCUT2D eigenvalue weighted by atomic mass is 10.0. The first-order valence-corrected chi connectivity index (χ1v) is 6.63. The maximum atomic E-state index is 9.99. The molecule has 1 aliphatic heterocycles. The summed E-state index contributed by atoms with van der Waals surface area (Å²) in [4.78, 5) is 2.29. The van der Waals surface area contributed by atoms with Crippen molar-refractivity contribution >= 4 is 5.69 Å². The zero-order valence-electron chi connectivity index (χ0n) is 11.8. The van der Waals surface area contributed by atoms with Crippen molar-refractivity contribution in [2.24, 2.45) is 0 Å². The summed E-state index contributed by atoms with van der Waals surface area (Å²) in [7, 11) is 0. The van der Waals surface area contributed by atoms with E-state index >= 15 is 0 Å². The Bertz CT molecular complexity index is 429. The number of β-amino-alcohol motifs (C(OH)–C–C–N with tert-alkyl or cyclic N) is 1. The molecule has 2 rings (SSSR count). The van der Waals surface area contributed by atoms with Crippen LogP contribution in [0.2, 0.25) is 0 Å². The van der Waals surface area contributed by atoms with Crippen LogP contribution in [0.5, 0.6) is 0 Å². The average molecular weight is 248 g/mol. The molecule has 2 N–H and O–H groups in total. The number of benzene rings is 1. The van der Waals surface area contributed by atoms with Crippen LogP contribution in [0.3, 0.4) is 0 Å². The van der Waals surface area contributed by atoms with Gasteiger partial charge >= 0.3 is 0 Å². The molecule has 0 spiro atoms. The first-order valence-electron chi connectivity index (χ1n) is 6.63. The van der Waals surface area contributed by atoms with Crippen LogP contribution in [0, 0.1) is 13.8 Å². The number of anilines is 1. The number of hydrogen-bond donors (Lipinski definition) is 2. The third-order valence-electron chi connectivity index (χ3n) is 3.53. The standard InChI is InChI=1S/C15H24N2O/c1-11-5-6-14(12(2)7-11)17-9-13(18)8-16-15(3,4)10-17/h5-7,13,16,18H,8-10H2,1-4H3. The first-order chi connectivity index (χ1) is 8.37. The van der Waals surface area contributed by atoms with E-state index in [0.717, 1.165) is 6.54 Å². The van der Waals surface area contributed by atoms with Crippen LogP contribution < -0.4 is 10.2 Å². The van der Waals surface area contributed by atoms with Crippen LogP contribution in [0.15, 0.2) is 18.2 Å². The molecule has 1 unspecified atom stereocenters. The fraction of sp³-hybridized carbons (Fsp3) is 0.600. The van der Waals surface area contributed by atoms with Gasteiger partial charge in [-0.15, -0.1) is 0 Å². The van der Waals surface area contributed by atoms with Crippen molar-refractivity contribution in [1.29, 1.82) is 0 Å². The van der Waals surface area contributed by atoms with Gasteiger partial charge in [0.25, 0.3) is 0 Å². The van der Waals surface area contributed by atoms with Gasteiger partial charge in [-0.2, -0.15) is 0 Å². The third kappa shape index (κ3) is 3.03. The van der Waals surface area contributed by atoms with Crippen molar-refractivity contribution in [2.75, 3.05) is 24.5 Å². The van der Waals surface area contributed by atoms with Crippen LogP contribution in [0.4, 0.5) is 5.69 Å². The Hall–Kier alpha value is -1.06. The summed E-state index contributed by atoms with van der Waals surface area (Å²) in [6.07, 6.45) is -0.313. The van der Waals surface area contributed by atoms with Crippen molar-refractivity contribution in [3.8, 4) is 0 Å². The van der Waals surface area contributed by atoms with Gasteiger partial charge in [-0.1, -0.05) is 17.7 Å². The second-order valence-electron chi connectivity index (χ2n) is 6.09. The predicted molar refractivity (Wildman–Crippen MR) is 76.2 cm³/mol. The Kier molecular flexibility index (Phi) is 3.64.